The number of carboxylic acid groups (broad SMARTS) is 3. The second kappa shape index (κ2) is 10.2. The Bertz CT molecular complexity index is 834. The summed E-state index contributed by atoms with van der Waals surface area (Å²) in [5.74, 6) is -3.06. The predicted octanol–water partition coefficient (Wildman–Crippen LogP) is 3.66. The molecule has 0 saturated heterocycles. The van der Waals surface area contributed by atoms with Gasteiger partial charge in [-0.2, -0.15) is 0 Å². The van der Waals surface area contributed by atoms with Gasteiger partial charge in [0.25, 0.3) is 0 Å². The lowest BCUT2D eigenvalue weighted by Crippen LogP contribution is -1.99. The van der Waals surface area contributed by atoms with Crippen LogP contribution in [0.3, 0.4) is 0 Å². The second-order valence-corrected chi connectivity index (χ2v) is 5.11. The van der Waals surface area contributed by atoms with Gasteiger partial charge in [-0.25, -0.2) is 14.4 Å². The number of carboxylic acids is 3. The van der Waals surface area contributed by atoms with Crippen molar-refractivity contribution in [1.82, 2.24) is 0 Å². The lowest BCUT2D eigenvalue weighted by Gasteiger charge is -1.98. The third kappa shape index (κ3) is 7.27. The van der Waals surface area contributed by atoms with E-state index in [-0.39, 0.29) is 5.56 Å². The molecular weight excluding hydrogens is 336 g/mol. The Morgan fingerprint density at radius 3 is 1.96 bits per heavy atom. The van der Waals surface area contributed by atoms with E-state index in [9.17, 15) is 14.4 Å². The molecule has 3 N–H and O–H groups in total. The molecule has 0 aromatic heterocycles. The Morgan fingerprint density at radius 1 is 0.846 bits per heavy atom. The number of aliphatic carboxylic acids is 2. The highest BCUT2D eigenvalue weighted by Crippen LogP contribution is 2.10. The highest BCUT2D eigenvalue weighted by atomic mass is 16.4. The summed E-state index contributed by atoms with van der Waals surface area (Å²) in [4.78, 5) is 31.3. The molecule has 0 saturated carbocycles. The first-order valence-corrected chi connectivity index (χ1v) is 7.51. The molecule has 0 aliphatic carbocycles. The van der Waals surface area contributed by atoms with E-state index in [4.69, 9.17) is 15.3 Å². The fourth-order valence-electron chi connectivity index (χ4n) is 1.86. The summed E-state index contributed by atoms with van der Waals surface area (Å²) in [6.45, 7) is 1.58. The van der Waals surface area contributed by atoms with Gasteiger partial charge in [-0.15, -0.1) is 0 Å². The molecule has 0 radical (unpaired) electrons. The van der Waals surface area contributed by atoms with Crippen molar-refractivity contribution >= 4 is 30.1 Å². The molecule has 0 bridgehead atoms. The van der Waals surface area contributed by atoms with Crippen LogP contribution >= 0.6 is 0 Å². The zero-order valence-electron chi connectivity index (χ0n) is 14.0. The summed E-state index contributed by atoms with van der Waals surface area (Å²) in [7, 11) is 0. The first-order valence-electron chi connectivity index (χ1n) is 7.51. The Morgan fingerprint density at radius 2 is 1.42 bits per heavy atom. The Kier molecular flexibility index (Phi) is 8.03. The lowest BCUT2D eigenvalue weighted by atomic mass is 10.1. The number of rotatable bonds is 5. The van der Waals surface area contributed by atoms with Gasteiger partial charge in [0.05, 0.1) is 5.56 Å². The summed E-state index contributed by atoms with van der Waals surface area (Å²) in [6, 6.07) is 15.6. The zero-order chi connectivity index (χ0) is 19.5. The van der Waals surface area contributed by atoms with Gasteiger partial charge in [0, 0.05) is 11.6 Å². The molecule has 2 aromatic rings. The predicted molar refractivity (Wildman–Crippen MR) is 97.8 cm³/mol. The normalized spacial score (nSPS) is 10.7. The van der Waals surface area contributed by atoms with Crippen molar-refractivity contribution < 1.29 is 29.7 Å². The molecule has 0 unspecified atom stereocenters. The van der Waals surface area contributed by atoms with Crippen molar-refractivity contribution in [3.63, 3.8) is 0 Å². The molecule has 2 rings (SSSR count). The number of hydrogen-bond donors (Lipinski definition) is 3. The number of carbonyl (C=O) groups is 3. The minimum atomic E-state index is -1.11. The van der Waals surface area contributed by atoms with Crippen LogP contribution in [0.25, 0.3) is 12.2 Å². The van der Waals surface area contributed by atoms with E-state index in [2.05, 4.69) is 0 Å². The lowest BCUT2D eigenvalue weighted by molar-refractivity contribution is -0.133. The van der Waals surface area contributed by atoms with E-state index < -0.39 is 17.9 Å². The number of hydrogen-bond acceptors (Lipinski definition) is 3. The van der Waals surface area contributed by atoms with Crippen molar-refractivity contribution in [3.8, 4) is 0 Å². The number of aromatic carboxylic acids is 1. The SMILES string of the molecule is C/C(=C\c1ccccc1)C(=O)O.O=C(O)/C=C/c1ccccc1C(=O)O. The molecule has 0 amide bonds. The summed E-state index contributed by atoms with van der Waals surface area (Å²) in [6.07, 6.45) is 3.80. The topological polar surface area (TPSA) is 112 Å². The van der Waals surface area contributed by atoms with Gasteiger partial charge >= 0.3 is 17.9 Å². The molecule has 0 spiro atoms. The maximum absolute atomic E-state index is 10.7. The molecule has 0 heterocycles. The maximum Gasteiger partial charge on any atom is 0.336 e. The van der Waals surface area contributed by atoms with Crippen LogP contribution < -0.4 is 0 Å². The van der Waals surface area contributed by atoms with Gasteiger partial charge in [0.2, 0.25) is 0 Å². The largest absolute Gasteiger partial charge is 0.478 e. The molecule has 0 aliphatic rings. The Hall–Kier alpha value is -3.67. The Labute approximate surface area is 150 Å². The van der Waals surface area contributed by atoms with Crippen molar-refractivity contribution in [3.05, 3.63) is 82.9 Å². The average molecular weight is 354 g/mol. The van der Waals surface area contributed by atoms with Gasteiger partial charge in [-0.05, 0) is 36.3 Å². The highest BCUT2D eigenvalue weighted by molar-refractivity contribution is 5.94. The van der Waals surface area contributed by atoms with Crippen LogP contribution in [0.15, 0.2) is 66.2 Å². The quantitative estimate of drug-likeness (QED) is 0.707. The third-order valence-electron chi connectivity index (χ3n) is 3.12. The van der Waals surface area contributed by atoms with Crippen LogP contribution in [0.4, 0.5) is 0 Å². The third-order valence-corrected chi connectivity index (χ3v) is 3.12. The molecule has 0 fully saturated rings. The van der Waals surface area contributed by atoms with E-state index in [1.165, 1.54) is 12.1 Å². The smallest absolute Gasteiger partial charge is 0.336 e. The fourth-order valence-corrected chi connectivity index (χ4v) is 1.86. The first-order chi connectivity index (χ1) is 12.3. The van der Waals surface area contributed by atoms with Crippen LogP contribution in [0, 0.1) is 0 Å². The summed E-state index contributed by atoms with van der Waals surface area (Å²) < 4.78 is 0. The molecule has 6 nitrogen and oxygen atoms in total. The molecular formula is C20H18O6. The minimum absolute atomic E-state index is 0.0880. The first kappa shape index (κ1) is 20.4. The molecule has 26 heavy (non-hydrogen) atoms. The number of benzene rings is 2. The molecule has 6 heteroatoms. The van der Waals surface area contributed by atoms with Crippen LogP contribution in [-0.4, -0.2) is 33.2 Å². The van der Waals surface area contributed by atoms with Gasteiger partial charge in [-0.3, -0.25) is 0 Å². The van der Waals surface area contributed by atoms with Crippen LogP contribution in [-0.2, 0) is 9.59 Å². The van der Waals surface area contributed by atoms with E-state index in [1.54, 1.807) is 31.2 Å². The Balaban J connectivity index is 0.000000263. The zero-order valence-corrected chi connectivity index (χ0v) is 14.0. The molecule has 0 atom stereocenters. The molecule has 2 aromatic carbocycles. The molecule has 134 valence electrons. The second-order valence-electron chi connectivity index (χ2n) is 5.11. The van der Waals surface area contributed by atoms with Gasteiger partial charge < -0.3 is 15.3 Å². The van der Waals surface area contributed by atoms with E-state index in [0.29, 0.717) is 11.1 Å². The molecule has 0 aliphatic heterocycles. The standard InChI is InChI=1S/C10H8O4.C10H10O2/c11-9(12)6-5-7-3-1-2-4-8(7)10(13)14;1-8(10(11)12)7-9-5-3-2-4-6-9/h1-6H,(H,11,12)(H,13,14);2-7H,1H3,(H,11,12)/b6-5+;8-7+. The van der Waals surface area contributed by atoms with E-state index in [1.807, 2.05) is 30.3 Å². The van der Waals surface area contributed by atoms with Gasteiger partial charge in [0.15, 0.2) is 0 Å². The van der Waals surface area contributed by atoms with Gasteiger partial charge in [-0.1, -0.05) is 48.5 Å². The van der Waals surface area contributed by atoms with Gasteiger partial charge in [0.1, 0.15) is 0 Å². The minimum Gasteiger partial charge on any atom is -0.478 e. The van der Waals surface area contributed by atoms with Crippen molar-refractivity contribution in [2.24, 2.45) is 0 Å². The van der Waals surface area contributed by atoms with Crippen molar-refractivity contribution in [1.29, 1.82) is 0 Å². The fraction of sp³-hybridized carbons (Fsp3) is 0.0500. The summed E-state index contributed by atoms with van der Waals surface area (Å²) in [5, 5.41) is 25.7. The average Bonchev–Trinajstić information content (AvgIpc) is 2.61. The van der Waals surface area contributed by atoms with E-state index >= 15 is 0 Å². The summed E-state index contributed by atoms with van der Waals surface area (Å²) in [5.41, 5.74) is 1.73. The van der Waals surface area contributed by atoms with E-state index in [0.717, 1.165) is 11.6 Å². The monoisotopic (exact) mass is 354 g/mol. The van der Waals surface area contributed by atoms with Crippen LogP contribution in [0.5, 0.6) is 0 Å². The maximum atomic E-state index is 10.7. The van der Waals surface area contributed by atoms with Crippen molar-refractivity contribution in [2.45, 2.75) is 6.92 Å². The highest BCUT2D eigenvalue weighted by Gasteiger charge is 2.05. The summed E-state index contributed by atoms with van der Waals surface area (Å²) >= 11 is 0. The van der Waals surface area contributed by atoms with Crippen LogP contribution in [0.2, 0.25) is 0 Å². The van der Waals surface area contributed by atoms with Crippen molar-refractivity contribution in [2.75, 3.05) is 0 Å². The van der Waals surface area contributed by atoms with Crippen LogP contribution in [0.1, 0.15) is 28.4 Å².